The van der Waals surface area contributed by atoms with Crippen molar-refractivity contribution in [2.45, 2.75) is 72.3 Å². The largest absolute Gasteiger partial charge is 0.339 e. The van der Waals surface area contributed by atoms with Crippen molar-refractivity contribution in [2.24, 2.45) is 5.41 Å². The van der Waals surface area contributed by atoms with Crippen molar-refractivity contribution in [3.05, 3.63) is 0 Å². The van der Waals surface area contributed by atoms with Gasteiger partial charge >= 0.3 is 52.5 Å². The molecule has 4 bridgehead atoms. The smallest absolute Gasteiger partial charge is 0.223 e. The molecule has 0 saturated heterocycles. The van der Waals surface area contributed by atoms with E-state index in [4.69, 9.17) is 0 Å². The minimum absolute atomic E-state index is 0.496. The topological polar surface area (TPSA) is 0 Å². The molecule has 4 rings (SSSR count). The van der Waals surface area contributed by atoms with Gasteiger partial charge in [0.2, 0.25) is 0 Å². The van der Waals surface area contributed by atoms with Crippen LogP contribution in [0.3, 0.4) is 0 Å². The summed E-state index contributed by atoms with van der Waals surface area (Å²) in [5.41, 5.74) is -28.6. The normalized spacial score (nSPS) is 50.6. The van der Waals surface area contributed by atoms with Crippen LogP contribution in [0, 0.1) is 5.41 Å². The quantitative estimate of drug-likeness (QED) is 0.472. The van der Waals surface area contributed by atoms with Gasteiger partial charge in [-0.05, 0) is 6.42 Å². The molecule has 0 aromatic carbocycles. The summed E-state index contributed by atoms with van der Waals surface area (Å²) >= 11 is 0. The molecule has 4 aliphatic carbocycles. The highest BCUT2D eigenvalue weighted by atomic mass is 19.3. The van der Waals surface area contributed by atoms with E-state index in [0.717, 1.165) is 0 Å². The van der Waals surface area contributed by atoms with E-state index in [1.807, 2.05) is 0 Å². The van der Waals surface area contributed by atoms with Crippen LogP contribution in [0.1, 0.15) is 19.8 Å². The van der Waals surface area contributed by atoms with Crippen molar-refractivity contribution in [1.82, 2.24) is 0 Å². The number of hydrogen-bond acceptors (Lipinski definition) is 0. The third kappa shape index (κ3) is 1.16. The van der Waals surface area contributed by atoms with Crippen molar-refractivity contribution in [3.63, 3.8) is 0 Å². The Hall–Kier alpha value is -1.05. The Kier molecular flexibility index (Phi) is 3.36. The van der Waals surface area contributed by atoms with E-state index in [1.165, 1.54) is 0 Å². The first-order valence-corrected chi connectivity index (χ1v) is 7.40. The second-order valence-corrected chi connectivity index (χ2v) is 7.08. The first-order valence-electron chi connectivity index (χ1n) is 7.40. The van der Waals surface area contributed by atoms with Crippen LogP contribution in [0.2, 0.25) is 0 Å². The molecule has 0 aromatic rings. The number of rotatable bonds is 2. The Balaban J connectivity index is 2.71. The lowest BCUT2D eigenvalue weighted by molar-refractivity contribution is -0.613. The van der Waals surface area contributed by atoms with E-state index < -0.39 is 70.8 Å². The molecule has 4 fully saturated rings. The summed E-state index contributed by atoms with van der Waals surface area (Å²) in [5, 5.41) is 0. The van der Waals surface area contributed by atoms with Crippen LogP contribution in [-0.2, 0) is 0 Å². The molecular formula is C13H7F15. The fourth-order valence-corrected chi connectivity index (χ4v) is 4.81. The van der Waals surface area contributed by atoms with Crippen molar-refractivity contribution < 1.29 is 65.9 Å². The fourth-order valence-electron chi connectivity index (χ4n) is 4.81. The zero-order valence-electron chi connectivity index (χ0n) is 13.1. The number of alkyl halides is 15. The number of hydrogen-bond donors (Lipinski definition) is 0. The van der Waals surface area contributed by atoms with Crippen LogP contribution in [0.5, 0.6) is 0 Å². The zero-order valence-corrected chi connectivity index (χ0v) is 13.1. The van der Waals surface area contributed by atoms with Crippen LogP contribution in [0.15, 0.2) is 0 Å². The standard InChI is InChI=1S/C13H7F15/c1-2-3-4-8(17,18)5(14)11(23,24)6(15,9(4,19)20)13(27,28)7(16,10(4,21)22)12(5,25)26/h2-3H2,1H3. The predicted octanol–water partition coefficient (Wildman–Crippen LogP) is 5.75. The third-order valence-electron chi connectivity index (χ3n) is 6.13. The Bertz CT molecular complexity index is 623. The van der Waals surface area contributed by atoms with Crippen molar-refractivity contribution in [1.29, 1.82) is 0 Å². The average Bonchev–Trinajstić information content (AvgIpc) is 2.52. The molecule has 0 N–H and O–H groups in total. The van der Waals surface area contributed by atoms with E-state index in [-0.39, 0.29) is 0 Å². The van der Waals surface area contributed by atoms with Gasteiger partial charge in [0.1, 0.15) is 0 Å². The fraction of sp³-hybridized carbons (Fsp3) is 1.00. The summed E-state index contributed by atoms with van der Waals surface area (Å²) in [7, 11) is 0. The van der Waals surface area contributed by atoms with Crippen LogP contribution < -0.4 is 0 Å². The zero-order chi connectivity index (χ0) is 22.4. The average molecular weight is 448 g/mol. The van der Waals surface area contributed by atoms with E-state index in [1.54, 1.807) is 0 Å². The van der Waals surface area contributed by atoms with Gasteiger partial charge in [-0.2, -0.15) is 26.3 Å². The highest BCUT2D eigenvalue weighted by Gasteiger charge is 3.22. The summed E-state index contributed by atoms with van der Waals surface area (Å²) in [4.78, 5) is 0. The molecule has 0 aliphatic heterocycles. The second kappa shape index (κ2) is 4.35. The first-order chi connectivity index (χ1) is 12.1. The third-order valence-corrected chi connectivity index (χ3v) is 6.13. The molecule has 15 heteroatoms. The lowest BCUT2D eigenvalue weighted by Crippen LogP contribution is -3.07. The molecule has 164 valence electrons. The van der Waals surface area contributed by atoms with Gasteiger partial charge < -0.3 is 0 Å². The maximum Gasteiger partial charge on any atom is 0.339 e. The molecule has 4 saturated carbocycles. The molecule has 0 amide bonds. The van der Waals surface area contributed by atoms with Gasteiger partial charge in [-0.1, -0.05) is 13.3 Å². The highest BCUT2D eigenvalue weighted by Crippen LogP contribution is 2.91. The summed E-state index contributed by atoms with van der Waals surface area (Å²) < 4.78 is 214. The Morgan fingerprint density at radius 1 is 0.393 bits per heavy atom. The summed E-state index contributed by atoms with van der Waals surface area (Å²) in [6, 6.07) is 0. The van der Waals surface area contributed by atoms with Crippen LogP contribution in [0.25, 0.3) is 0 Å². The minimum atomic E-state index is -7.68. The highest BCUT2D eigenvalue weighted by molar-refractivity contribution is 5.52. The lowest BCUT2D eigenvalue weighted by Gasteiger charge is -2.75. The van der Waals surface area contributed by atoms with Gasteiger partial charge in [0.25, 0.3) is 0 Å². The van der Waals surface area contributed by atoms with Gasteiger partial charge in [-0.3, -0.25) is 0 Å². The molecule has 0 atom stereocenters. The molecule has 0 heterocycles. The van der Waals surface area contributed by atoms with Crippen molar-refractivity contribution >= 4 is 0 Å². The molecular weight excluding hydrogens is 441 g/mol. The van der Waals surface area contributed by atoms with Crippen molar-refractivity contribution in [3.8, 4) is 0 Å². The number of halogens is 15. The molecule has 0 nitrogen and oxygen atoms in total. The van der Waals surface area contributed by atoms with E-state index >= 15 is 0 Å². The maximum atomic E-state index is 14.6. The van der Waals surface area contributed by atoms with Gasteiger partial charge in [0, 0.05) is 0 Å². The Morgan fingerprint density at radius 2 is 0.607 bits per heavy atom. The minimum Gasteiger partial charge on any atom is -0.223 e. The van der Waals surface area contributed by atoms with E-state index in [0.29, 0.717) is 6.92 Å². The Labute approximate surface area is 145 Å². The molecule has 0 spiro atoms. The summed E-state index contributed by atoms with van der Waals surface area (Å²) in [5.74, 6) is -44.7. The second-order valence-electron chi connectivity index (χ2n) is 7.08. The predicted molar refractivity (Wildman–Crippen MR) is 58.5 cm³/mol. The van der Waals surface area contributed by atoms with Gasteiger partial charge in [0.05, 0.1) is 0 Å². The van der Waals surface area contributed by atoms with Gasteiger partial charge in [0.15, 0.2) is 5.41 Å². The molecule has 28 heavy (non-hydrogen) atoms. The molecule has 0 aromatic heterocycles. The van der Waals surface area contributed by atoms with E-state index in [9.17, 15) is 65.9 Å². The molecule has 4 aliphatic rings. The van der Waals surface area contributed by atoms with Crippen LogP contribution in [-0.4, -0.2) is 52.5 Å². The maximum absolute atomic E-state index is 14.6. The summed E-state index contributed by atoms with van der Waals surface area (Å²) in [6.07, 6.45) is -4.03. The Morgan fingerprint density at radius 3 is 0.786 bits per heavy atom. The summed E-state index contributed by atoms with van der Waals surface area (Å²) in [6.45, 7) is 0.496. The lowest BCUT2D eigenvalue weighted by atomic mass is 9.36. The van der Waals surface area contributed by atoms with Crippen LogP contribution in [0.4, 0.5) is 65.9 Å². The molecule has 0 unspecified atom stereocenters. The van der Waals surface area contributed by atoms with Gasteiger partial charge in [-0.25, -0.2) is 39.5 Å². The van der Waals surface area contributed by atoms with Gasteiger partial charge in [-0.15, -0.1) is 0 Å². The SMILES string of the molecule is CCCC12C(F)(F)C3(F)C(F)(F)C(F)(C(F)(F)C(F)(C3(F)F)C1(F)F)C2(F)F. The van der Waals surface area contributed by atoms with Crippen LogP contribution >= 0.6 is 0 Å². The van der Waals surface area contributed by atoms with Crippen molar-refractivity contribution in [2.75, 3.05) is 0 Å². The first kappa shape index (κ1) is 21.7. The molecule has 0 radical (unpaired) electrons. The monoisotopic (exact) mass is 448 g/mol. The van der Waals surface area contributed by atoms with E-state index in [2.05, 4.69) is 0 Å².